The maximum atomic E-state index is 14.0. The molecule has 11 heteroatoms. The summed E-state index contributed by atoms with van der Waals surface area (Å²) in [6.07, 6.45) is 2.14. The number of carbonyl (C=O) groups excluding carboxylic acids is 2. The highest BCUT2D eigenvalue weighted by Gasteiger charge is 2.33. The van der Waals surface area contributed by atoms with Crippen molar-refractivity contribution < 1.29 is 23.8 Å². The van der Waals surface area contributed by atoms with Crippen LogP contribution >= 0.6 is 34.5 Å². The molecule has 1 aliphatic rings. The summed E-state index contributed by atoms with van der Waals surface area (Å²) in [5.41, 5.74) is 3.02. The molecule has 1 aliphatic heterocycles. The summed E-state index contributed by atoms with van der Waals surface area (Å²) in [6.45, 7) is 4.08. The van der Waals surface area contributed by atoms with E-state index in [0.717, 1.165) is 11.1 Å². The minimum absolute atomic E-state index is 0.142. The van der Waals surface area contributed by atoms with Gasteiger partial charge in [0.2, 0.25) is 0 Å². The van der Waals surface area contributed by atoms with Crippen molar-refractivity contribution in [2.75, 3.05) is 13.7 Å². The normalized spacial score (nSPS) is 14.6. The number of aromatic nitrogens is 1. The molecule has 0 N–H and O–H groups in total. The Morgan fingerprint density at radius 1 is 1.02 bits per heavy atom. The van der Waals surface area contributed by atoms with Gasteiger partial charge in [0, 0.05) is 10.6 Å². The van der Waals surface area contributed by atoms with E-state index in [1.54, 1.807) is 49.4 Å². The number of benzene rings is 3. The van der Waals surface area contributed by atoms with Gasteiger partial charge in [0.15, 0.2) is 4.80 Å². The van der Waals surface area contributed by atoms with Gasteiger partial charge in [-0.05, 0) is 54.8 Å². The number of rotatable bonds is 9. The second kappa shape index (κ2) is 13.6. The van der Waals surface area contributed by atoms with Crippen LogP contribution in [0.4, 0.5) is 0 Å². The van der Waals surface area contributed by atoms with Crippen molar-refractivity contribution in [3.63, 3.8) is 0 Å². The fourth-order valence-electron chi connectivity index (χ4n) is 4.90. The number of fused-ring (bicyclic) bond motifs is 1. The van der Waals surface area contributed by atoms with Crippen LogP contribution in [0.25, 0.3) is 6.08 Å². The lowest BCUT2D eigenvalue weighted by Crippen LogP contribution is -2.40. The van der Waals surface area contributed by atoms with Gasteiger partial charge in [-0.25, -0.2) is 14.6 Å². The number of nitrogens with zero attached hydrogens (tertiary/aromatic N) is 2. The number of allylic oxidation sites excluding steroid dienone is 1. The molecule has 0 spiro atoms. The molecule has 0 saturated carbocycles. The van der Waals surface area contributed by atoms with E-state index in [0.29, 0.717) is 55.5 Å². The summed E-state index contributed by atoms with van der Waals surface area (Å²) in [6, 6.07) is 18.7. The van der Waals surface area contributed by atoms with Crippen molar-refractivity contribution in [1.82, 2.24) is 4.57 Å². The molecular formula is C33H28Cl2N2O6S. The van der Waals surface area contributed by atoms with Crippen molar-refractivity contribution in [2.45, 2.75) is 32.9 Å². The van der Waals surface area contributed by atoms with Crippen LogP contribution in [0.1, 0.15) is 53.4 Å². The van der Waals surface area contributed by atoms with E-state index < -0.39 is 18.0 Å². The number of halogens is 2. The van der Waals surface area contributed by atoms with Gasteiger partial charge in [0.1, 0.15) is 12.4 Å². The highest BCUT2D eigenvalue weighted by atomic mass is 35.5. The van der Waals surface area contributed by atoms with Crippen LogP contribution < -0.4 is 19.6 Å². The van der Waals surface area contributed by atoms with Gasteiger partial charge in [-0.2, -0.15) is 0 Å². The van der Waals surface area contributed by atoms with Gasteiger partial charge in [0.05, 0.1) is 46.1 Å². The first-order chi connectivity index (χ1) is 21.2. The van der Waals surface area contributed by atoms with Crippen molar-refractivity contribution >= 4 is 52.6 Å². The number of thiazole rings is 1. The van der Waals surface area contributed by atoms with E-state index in [4.69, 9.17) is 42.4 Å². The Kier molecular flexibility index (Phi) is 9.68. The van der Waals surface area contributed by atoms with Gasteiger partial charge in [0.25, 0.3) is 5.56 Å². The van der Waals surface area contributed by atoms with Crippen LogP contribution in [0.2, 0.25) is 10.0 Å². The zero-order valence-corrected chi connectivity index (χ0v) is 26.5. The minimum Gasteiger partial charge on any atom is -0.487 e. The monoisotopic (exact) mass is 650 g/mol. The molecule has 0 amide bonds. The zero-order chi connectivity index (χ0) is 31.4. The Hall–Kier alpha value is -4.18. The number of esters is 2. The highest BCUT2D eigenvalue weighted by molar-refractivity contribution is 7.07. The average molecular weight is 652 g/mol. The van der Waals surface area contributed by atoms with Crippen LogP contribution in [0, 0.1) is 0 Å². The molecule has 0 fully saturated rings. The highest BCUT2D eigenvalue weighted by Crippen LogP contribution is 2.34. The van der Waals surface area contributed by atoms with Gasteiger partial charge in [-0.3, -0.25) is 9.36 Å². The SMILES string of the molecule is CCOC(=O)c1ccc(COc2c(Cl)cc(Cl)cc2/C=c2/sc3n(c2=O)[C@H](c2ccccc2)C(C(=O)OC)=C(CC)N=3)cc1. The molecule has 4 aromatic rings. The van der Waals surface area contributed by atoms with E-state index >= 15 is 0 Å². The first-order valence-electron chi connectivity index (χ1n) is 13.8. The molecule has 5 rings (SSSR count). The molecule has 1 atom stereocenters. The van der Waals surface area contributed by atoms with E-state index in [-0.39, 0.29) is 17.2 Å². The molecule has 226 valence electrons. The number of ether oxygens (including phenoxy) is 3. The summed E-state index contributed by atoms with van der Waals surface area (Å²) in [4.78, 5) is 44.2. The standard InChI is InChI=1S/C33H28Cl2N2O6S/c1-4-25-27(32(40)41-3)28(20-9-7-6-8-10-20)37-30(38)26(44-33(37)36-25)16-22-15-23(34)17-24(35)29(22)43-18-19-11-13-21(14-12-19)31(39)42-5-2/h6-17,28H,4-5,18H2,1-3H3/b26-16+/t28-/m1/s1. The Morgan fingerprint density at radius 2 is 1.75 bits per heavy atom. The summed E-state index contributed by atoms with van der Waals surface area (Å²) in [5, 5.41) is 0.631. The Balaban J connectivity index is 1.57. The van der Waals surface area contributed by atoms with Gasteiger partial charge in [-0.1, -0.05) is 83.9 Å². The van der Waals surface area contributed by atoms with Crippen molar-refractivity contribution in [2.24, 2.45) is 4.99 Å². The fraction of sp³-hybridized carbons (Fsp3) is 0.212. The lowest BCUT2D eigenvalue weighted by molar-refractivity contribution is -0.136. The summed E-state index contributed by atoms with van der Waals surface area (Å²) in [5.74, 6) is -0.606. The number of carbonyl (C=O) groups is 2. The molecule has 0 aliphatic carbocycles. The number of methoxy groups -OCH3 is 1. The topological polar surface area (TPSA) is 96.2 Å². The molecule has 44 heavy (non-hydrogen) atoms. The maximum absolute atomic E-state index is 14.0. The van der Waals surface area contributed by atoms with Crippen molar-refractivity contribution in [1.29, 1.82) is 0 Å². The summed E-state index contributed by atoms with van der Waals surface area (Å²) in [7, 11) is 1.31. The van der Waals surface area contributed by atoms with Gasteiger partial charge < -0.3 is 14.2 Å². The number of hydrogen-bond donors (Lipinski definition) is 0. The third-order valence-electron chi connectivity index (χ3n) is 6.94. The molecule has 0 unspecified atom stereocenters. The molecule has 3 aromatic carbocycles. The Morgan fingerprint density at radius 3 is 2.41 bits per heavy atom. The predicted octanol–water partition coefficient (Wildman–Crippen LogP) is 5.86. The molecular weight excluding hydrogens is 623 g/mol. The first kappa shape index (κ1) is 31.3. The third kappa shape index (κ3) is 6.36. The average Bonchev–Trinajstić information content (AvgIpc) is 3.34. The zero-order valence-electron chi connectivity index (χ0n) is 24.1. The third-order valence-corrected chi connectivity index (χ3v) is 8.42. The van der Waals surface area contributed by atoms with Crippen LogP contribution in [0.15, 0.2) is 87.8 Å². The molecule has 0 saturated heterocycles. The Labute approximate surface area is 267 Å². The lowest BCUT2D eigenvalue weighted by Gasteiger charge is -2.25. The largest absolute Gasteiger partial charge is 0.487 e. The summed E-state index contributed by atoms with van der Waals surface area (Å²) >= 11 is 14.1. The lowest BCUT2D eigenvalue weighted by atomic mass is 9.95. The van der Waals surface area contributed by atoms with Crippen LogP contribution in [0.5, 0.6) is 5.75 Å². The Bertz CT molecular complexity index is 1930. The van der Waals surface area contributed by atoms with E-state index in [1.807, 2.05) is 37.3 Å². The second-order valence-corrected chi connectivity index (χ2v) is 11.6. The molecule has 0 radical (unpaired) electrons. The minimum atomic E-state index is -0.715. The predicted molar refractivity (Wildman–Crippen MR) is 170 cm³/mol. The first-order valence-corrected chi connectivity index (χ1v) is 15.4. The van der Waals surface area contributed by atoms with Crippen molar-refractivity contribution in [3.8, 4) is 5.75 Å². The van der Waals surface area contributed by atoms with Gasteiger partial charge >= 0.3 is 11.9 Å². The van der Waals surface area contributed by atoms with Gasteiger partial charge in [-0.15, -0.1) is 0 Å². The van der Waals surface area contributed by atoms with E-state index in [1.165, 1.54) is 23.0 Å². The van der Waals surface area contributed by atoms with Crippen molar-refractivity contribution in [3.05, 3.63) is 130 Å². The summed E-state index contributed by atoms with van der Waals surface area (Å²) < 4.78 is 18.2. The van der Waals surface area contributed by atoms with E-state index in [2.05, 4.69) is 0 Å². The van der Waals surface area contributed by atoms with Crippen LogP contribution in [0.3, 0.4) is 0 Å². The van der Waals surface area contributed by atoms with E-state index in [9.17, 15) is 14.4 Å². The fourth-order valence-corrected chi connectivity index (χ4v) is 6.48. The number of hydrogen-bond acceptors (Lipinski definition) is 8. The second-order valence-electron chi connectivity index (χ2n) is 9.71. The molecule has 2 heterocycles. The molecule has 0 bridgehead atoms. The van der Waals surface area contributed by atoms with Crippen LogP contribution in [-0.2, 0) is 20.9 Å². The smallest absolute Gasteiger partial charge is 0.338 e. The molecule has 1 aromatic heterocycles. The quantitative estimate of drug-likeness (QED) is 0.211. The van der Waals surface area contributed by atoms with Crippen LogP contribution in [-0.4, -0.2) is 30.2 Å². The maximum Gasteiger partial charge on any atom is 0.338 e. The molecule has 8 nitrogen and oxygen atoms in total.